The van der Waals surface area contributed by atoms with Gasteiger partial charge >= 0.3 is 0 Å². The summed E-state index contributed by atoms with van der Waals surface area (Å²) in [6, 6.07) is 8.66. The summed E-state index contributed by atoms with van der Waals surface area (Å²) in [6.07, 6.45) is 0. The molecule has 4 rings (SSSR count). The molecule has 0 bridgehead atoms. The van der Waals surface area contributed by atoms with E-state index in [2.05, 4.69) is 62.5 Å². The Balaban J connectivity index is 1.46. The van der Waals surface area contributed by atoms with Gasteiger partial charge in [0.05, 0.1) is 6.04 Å². The van der Waals surface area contributed by atoms with E-state index in [1.54, 1.807) is 0 Å². The minimum Gasteiger partial charge on any atom is -0.334 e. The quantitative estimate of drug-likeness (QED) is 0.879. The van der Waals surface area contributed by atoms with E-state index in [1.807, 2.05) is 6.07 Å². The normalized spacial score (nSPS) is 23.4. The largest absolute Gasteiger partial charge is 0.334 e. The maximum Gasteiger partial charge on any atom is 0.257 e. The van der Waals surface area contributed by atoms with Crippen molar-refractivity contribution in [2.75, 3.05) is 59.9 Å². The molecular weight excluding hydrogens is 328 g/mol. The predicted molar refractivity (Wildman–Crippen MR) is 101 cm³/mol. The molecule has 0 aliphatic carbocycles. The van der Waals surface area contributed by atoms with Crippen LogP contribution < -0.4 is 5.32 Å². The number of piperazine rings is 2. The number of hydrogen-bond acceptors (Lipinski definition) is 7. The monoisotopic (exact) mass is 356 g/mol. The molecule has 140 valence electrons. The second kappa shape index (κ2) is 7.84. The average Bonchev–Trinajstić information content (AvgIpc) is 3.14. The van der Waals surface area contributed by atoms with E-state index in [0.717, 1.165) is 63.7 Å². The molecule has 2 aliphatic rings. The first-order valence-corrected chi connectivity index (χ1v) is 9.44. The van der Waals surface area contributed by atoms with E-state index < -0.39 is 0 Å². The van der Waals surface area contributed by atoms with Crippen molar-refractivity contribution in [2.45, 2.75) is 12.6 Å². The van der Waals surface area contributed by atoms with Crippen molar-refractivity contribution < 1.29 is 4.52 Å². The van der Waals surface area contributed by atoms with Crippen LogP contribution in [0.15, 0.2) is 28.8 Å². The number of hydrogen-bond donors (Lipinski definition) is 1. The second-order valence-corrected chi connectivity index (χ2v) is 7.44. The van der Waals surface area contributed by atoms with Crippen molar-refractivity contribution in [1.29, 1.82) is 0 Å². The summed E-state index contributed by atoms with van der Waals surface area (Å²) in [4.78, 5) is 11.8. The smallest absolute Gasteiger partial charge is 0.257 e. The predicted octanol–water partition coefficient (Wildman–Crippen LogP) is 1.06. The maximum absolute atomic E-state index is 5.58. The zero-order chi connectivity index (χ0) is 17.9. The van der Waals surface area contributed by atoms with Crippen LogP contribution in [0.25, 0.3) is 11.5 Å². The van der Waals surface area contributed by atoms with Gasteiger partial charge in [-0.25, -0.2) is 0 Å². The van der Waals surface area contributed by atoms with Crippen molar-refractivity contribution in [3.05, 3.63) is 35.7 Å². The molecule has 7 nitrogen and oxygen atoms in total. The molecule has 26 heavy (non-hydrogen) atoms. The van der Waals surface area contributed by atoms with Crippen molar-refractivity contribution in [1.82, 2.24) is 30.2 Å². The highest BCUT2D eigenvalue weighted by atomic mass is 16.5. The Morgan fingerprint density at radius 3 is 2.81 bits per heavy atom. The molecule has 7 heteroatoms. The number of benzene rings is 1. The number of likely N-dealkylation sites (N-methyl/N-ethyl adjacent to an activating group) is 2. The van der Waals surface area contributed by atoms with Crippen LogP contribution in [0.5, 0.6) is 0 Å². The molecule has 3 heterocycles. The van der Waals surface area contributed by atoms with Gasteiger partial charge in [-0.15, -0.1) is 0 Å². The molecule has 1 aromatic heterocycles. The molecule has 1 unspecified atom stereocenters. The van der Waals surface area contributed by atoms with Gasteiger partial charge < -0.3 is 14.7 Å². The van der Waals surface area contributed by atoms with Crippen LogP contribution in [0.3, 0.4) is 0 Å². The summed E-state index contributed by atoms with van der Waals surface area (Å²) < 4.78 is 5.58. The third kappa shape index (κ3) is 3.96. The van der Waals surface area contributed by atoms with Gasteiger partial charge in [-0.3, -0.25) is 9.80 Å². The Bertz CT molecular complexity index is 724. The van der Waals surface area contributed by atoms with Crippen LogP contribution in [0.4, 0.5) is 0 Å². The molecule has 2 aliphatic heterocycles. The molecule has 1 atom stereocenters. The van der Waals surface area contributed by atoms with Crippen LogP contribution in [-0.2, 0) is 6.54 Å². The Hall–Kier alpha value is -1.80. The summed E-state index contributed by atoms with van der Waals surface area (Å²) in [7, 11) is 4.29. The Morgan fingerprint density at radius 1 is 1.15 bits per heavy atom. The van der Waals surface area contributed by atoms with E-state index in [9.17, 15) is 0 Å². The number of nitrogens with zero attached hydrogens (tertiary/aromatic N) is 5. The molecule has 0 amide bonds. The van der Waals surface area contributed by atoms with Crippen LogP contribution >= 0.6 is 0 Å². The van der Waals surface area contributed by atoms with Crippen molar-refractivity contribution >= 4 is 0 Å². The zero-order valence-electron chi connectivity index (χ0n) is 15.7. The lowest BCUT2D eigenvalue weighted by Gasteiger charge is -2.32. The van der Waals surface area contributed by atoms with E-state index in [4.69, 9.17) is 4.52 Å². The van der Waals surface area contributed by atoms with E-state index in [0.29, 0.717) is 5.89 Å². The first kappa shape index (κ1) is 17.6. The lowest BCUT2D eigenvalue weighted by molar-refractivity contribution is 0.148. The van der Waals surface area contributed by atoms with Gasteiger partial charge in [0, 0.05) is 57.9 Å². The summed E-state index contributed by atoms with van der Waals surface area (Å²) in [5, 5.41) is 7.63. The van der Waals surface area contributed by atoms with Gasteiger partial charge in [-0.05, 0) is 31.8 Å². The molecule has 0 spiro atoms. The topological polar surface area (TPSA) is 60.7 Å². The summed E-state index contributed by atoms with van der Waals surface area (Å²) in [5.74, 6) is 1.37. The molecule has 2 aromatic rings. The highest BCUT2D eigenvalue weighted by molar-refractivity contribution is 5.54. The van der Waals surface area contributed by atoms with E-state index in [1.165, 1.54) is 5.56 Å². The standard InChI is InChI=1S/C19H28N6O/c1-23-8-10-25(11-9-23)14-15-4-3-5-16(12-15)19-21-18(22-26-19)17-13-20-6-7-24(17)2/h3-5,12,17,20H,6-11,13-14H2,1-2H3. The van der Waals surface area contributed by atoms with Crippen LogP contribution in [-0.4, -0.2) is 84.7 Å². The van der Waals surface area contributed by atoms with E-state index >= 15 is 0 Å². The van der Waals surface area contributed by atoms with Gasteiger partial charge in [-0.2, -0.15) is 4.98 Å². The fourth-order valence-corrected chi connectivity index (χ4v) is 3.65. The maximum atomic E-state index is 5.58. The molecule has 2 fully saturated rings. The van der Waals surface area contributed by atoms with Gasteiger partial charge in [0.25, 0.3) is 5.89 Å². The highest BCUT2D eigenvalue weighted by Gasteiger charge is 2.25. The first-order valence-electron chi connectivity index (χ1n) is 9.44. The number of nitrogens with one attached hydrogen (secondary N) is 1. The molecular formula is C19H28N6O. The van der Waals surface area contributed by atoms with Crippen LogP contribution in [0.1, 0.15) is 17.4 Å². The highest BCUT2D eigenvalue weighted by Crippen LogP contribution is 2.24. The minimum absolute atomic E-state index is 0.176. The van der Waals surface area contributed by atoms with Gasteiger partial charge in [-0.1, -0.05) is 17.3 Å². The van der Waals surface area contributed by atoms with E-state index in [-0.39, 0.29) is 6.04 Å². The van der Waals surface area contributed by atoms with Crippen molar-refractivity contribution in [3.63, 3.8) is 0 Å². The Morgan fingerprint density at radius 2 is 2.00 bits per heavy atom. The minimum atomic E-state index is 0.176. The molecule has 0 saturated carbocycles. The van der Waals surface area contributed by atoms with Crippen LogP contribution in [0.2, 0.25) is 0 Å². The second-order valence-electron chi connectivity index (χ2n) is 7.44. The molecule has 1 aromatic carbocycles. The SMILES string of the molecule is CN1CCN(Cc2cccc(-c3nc(C4CNCCN4C)no3)c2)CC1. The molecule has 2 saturated heterocycles. The van der Waals surface area contributed by atoms with Gasteiger partial charge in [0.2, 0.25) is 0 Å². The summed E-state index contributed by atoms with van der Waals surface area (Å²) in [5.41, 5.74) is 2.30. The van der Waals surface area contributed by atoms with Gasteiger partial charge in [0.1, 0.15) is 0 Å². The third-order valence-electron chi connectivity index (χ3n) is 5.43. The lowest BCUT2D eigenvalue weighted by Crippen LogP contribution is -2.44. The fourth-order valence-electron chi connectivity index (χ4n) is 3.65. The summed E-state index contributed by atoms with van der Waals surface area (Å²) in [6.45, 7) is 8.34. The zero-order valence-corrected chi connectivity index (χ0v) is 15.7. The lowest BCUT2D eigenvalue weighted by atomic mass is 10.1. The Labute approximate surface area is 155 Å². The average molecular weight is 356 g/mol. The fraction of sp³-hybridized carbons (Fsp3) is 0.579. The molecule has 1 N–H and O–H groups in total. The number of rotatable bonds is 4. The van der Waals surface area contributed by atoms with Crippen LogP contribution in [0, 0.1) is 0 Å². The van der Waals surface area contributed by atoms with Gasteiger partial charge in [0.15, 0.2) is 5.82 Å². The van der Waals surface area contributed by atoms with Crippen molar-refractivity contribution in [2.24, 2.45) is 0 Å². The third-order valence-corrected chi connectivity index (χ3v) is 5.43. The number of aromatic nitrogens is 2. The Kier molecular flexibility index (Phi) is 5.31. The molecule has 0 radical (unpaired) electrons. The van der Waals surface area contributed by atoms with Crippen molar-refractivity contribution in [3.8, 4) is 11.5 Å². The first-order chi connectivity index (χ1) is 12.7. The summed E-state index contributed by atoms with van der Waals surface area (Å²) >= 11 is 0.